The molecule has 31 heavy (non-hydrogen) atoms. The molecule has 3 fully saturated rings. The number of alkyl carbamates (subject to hydrolysis) is 1. The molecule has 0 spiro atoms. The van der Waals surface area contributed by atoms with Gasteiger partial charge in [-0.1, -0.05) is 12.2 Å². The van der Waals surface area contributed by atoms with Crippen molar-refractivity contribution in [1.82, 2.24) is 10.2 Å². The van der Waals surface area contributed by atoms with Gasteiger partial charge in [0.15, 0.2) is 0 Å². The van der Waals surface area contributed by atoms with Crippen molar-refractivity contribution in [2.75, 3.05) is 13.7 Å². The van der Waals surface area contributed by atoms with Gasteiger partial charge in [0.1, 0.15) is 17.7 Å². The fraction of sp³-hybridized carbons (Fsp3) is 0.783. The second-order valence-corrected chi connectivity index (χ2v) is 10.3. The lowest BCUT2D eigenvalue weighted by molar-refractivity contribution is -0.154. The normalized spacial score (nSPS) is 33.1. The predicted molar refractivity (Wildman–Crippen MR) is 112 cm³/mol. The summed E-state index contributed by atoms with van der Waals surface area (Å²) < 4.78 is 16.4. The maximum absolute atomic E-state index is 13.7. The summed E-state index contributed by atoms with van der Waals surface area (Å²) in [6, 6.07) is -1.58. The number of likely N-dealkylation sites (tertiary alicyclic amines) is 1. The van der Waals surface area contributed by atoms with Crippen LogP contribution in [0.25, 0.3) is 0 Å². The van der Waals surface area contributed by atoms with Crippen LogP contribution in [0.15, 0.2) is 12.2 Å². The van der Waals surface area contributed by atoms with Gasteiger partial charge in [-0.15, -0.1) is 0 Å². The molecule has 4 aliphatic rings. The van der Waals surface area contributed by atoms with E-state index in [0.717, 1.165) is 19.3 Å². The Morgan fingerprint density at radius 3 is 2.42 bits per heavy atom. The van der Waals surface area contributed by atoms with E-state index in [4.69, 9.17) is 14.2 Å². The summed E-state index contributed by atoms with van der Waals surface area (Å²) in [5.74, 6) is 0.265. The Morgan fingerprint density at radius 1 is 1.13 bits per heavy atom. The van der Waals surface area contributed by atoms with Gasteiger partial charge in [-0.3, -0.25) is 4.79 Å². The number of rotatable bonds is 6. The molecule has 2 bridgehead atoms. The third-order valence-electron chi connectivity index (χ3n) is 6.86. The first kappa shape index (κ1) is 22.1. The summed E-state index contributed by atoms with van der Waals surface area (Å²) in [5.41, 5.74) is -0.692. The number of nitrogens with one attached hydrogen (secondary N) is 1. The van der Waals surface area contributed by atoms with E-state index in [2.05, 4.69) is 17.5 Å². The van der Waals surface area contributed by atoms with Gasteiger partial charge in [0.2, 0.25) is 5.91 Å². The van der Waals surface area contributed by atoms with Gasteiger partial charge in [-0.25, -0.2) is 9.59 Å². The monoisotopic (exact) mass is 434 g/mol. The van der Waals surface area contributed by atoms with E-state index in [0.29, 0.717) is 12.5 Å². The number of carbonyl (C=O) groups is 3. The molecule has 0 unspecified atom stereocenters. The number of methoxy groups -OCH3 is 1. The molecular formula is C23H34N2O6. The van der Waals surface area contributed by atoms with Crippen molar-refractivity contribution in [2.24, 2.45) is 23.7 Å². The smallest absolute Gasteiger partial charge is 0.408 e. The van der Waals surface area contributed by atoms with Crippen LogP contribution in [0.2, 0.25) is 0 Å². The standard InChI is InChI=1S/C23H34N2O6/c1-12(30-15-8-9-15)18(24-22(28)31-23(2,3)4)20(26)25-11-16-13-6-7-14(10-13)17(16)19(25)21(27)29-5/h6-7,12-19H,8-11H2,1-5H3,(H,24,28)/t12-,13-,14+,16-,17+,18+,19+/m1/s1. The third kappa shape index (κ3) is 4.45. The highest BCUT2D eigenvalue weighted by Gasteiger charge is 2.59. The number of hydrogen-bond donors (Lipinski definition) is 1. The Labute approximate surface area is 183 Å². The SMILES string of the molecule is COC(=O)[C@@H]1[C@@H]2[C@H](CN1C(=O)[C@@H](NC(=O)OC(C)(C)C)[C@@H](C)OC1CC1)[C@@H]1C=C[C@H]2C1. The Kier molecular flexibility index (Phi) is 5.79. The molecule has 1 saturated heterocycles. The lowest BCUT2D eigenvalue weighted by atomic mass is 9.82. The van der Waals surface area contributed by atoms with Crippen molar-refractivity contribution in [3.05, 3.63) is 12.2 Å². The molecule has 8 nitrogen and oxygen atoms in total. The molecule has 0 radical (unpaired) electrons. The Balaban J connectivity index is 1.55. The van der Waals surface area contributed by atoms with E-state index in [-0.39, 0.29) is 29.8 Å². The Bertz CT molecular complexity index is 771. The van der Waals surface area contributed by atoms with E-state index in [1.54, 1.807) is 32.6 Å². The van der Waals surface area contributed by atoms with E-state index in [9.17, 15) is 14.4 Å². The second-order valence-electron chi connectivity index (χ2n) is 10.3. The molecule has 8 heteroatoms. The number of hydrogen-bond acceptors (Lipinski definition) is 6. The summed E-state index contributed by atoms with van der Waals surface area (Å²) >= 11 is 0. The van der Waals surface area contributed by atoms with Crippen molar-refractivity contribution in [2.45, 2.75) is 76.9 Å². The molecule has 0 aromatic heterocycles. The minimum absolute atomic E-state index is 0.0632. The van der Waals surface area contributed by atoms with Gasteiger partial charge in [0.25, 0.3) is 0 Å². The molecule has 2 amide bonds. The molecule has 2 saturated carbocycles. The lowest BCUT2D eigenvalue weighted by Crippen LogP contribution is -2.58. The zero-order chi connectivity index (χ0) is 22.5. The summed E-state index contributed by atoms with van der Waals surface area (Å²) in [7, 11) is 1.36. The van der Waals surface area contributed by atoms with Crippen LogP contribution in [0.4, 0.5) is 4.79 Å². The van der Waals surface area contributed by atoms with Crippen LogP contribution < -0.4 is 5.32 Å². The van der Waals surface area contributed by atoms with E-state index in [1.165, 1.54) is 7.11 Å². The lowest BCUT2D eigenvalue weighted by Gasteiger charge is -2.33. The van der Waals surface area contributed by atoms with Crippen molar-refractivity contribution in [1.29, 1.82) is 0 Å². The molecule has 172 valence electrons. The van der Waals surface area contributed by atoms with Crippen LogP contribution in [0.1, 0.15) is 47.0 Å². The highest BCUT2D eigenvalue weighted by molar-refractivity contribution is 5.91. The number of fused-ring (bicyclic) bond motifs is 5. The van der Waals surface area contributed by atoms with Crippen molar-refractivity contribution in [3.63, 3.8) is 0 Å². The number of esters is 1. The Hall–Kier alpha value is -2.09. The van der Waals surface area contributed by atoms with E-state index < -0.39 is 35.9 Å². The topological polar surface area (TPSA) is 94.2 Å². The first-order valence-corrected chi connectivity index (χ1v) is 11.3. The van der Waals surface area contributed by atoms with Crippen molar-refractivity contribution < 1.29 is 28.6 Å². The molecule has 0 aromatic rings. The van der Waals surface area contributed by atoms with Crippen LogP contribution in [0, 0.1) is 23.7 Å². The average Bonchev–Trinajstić information content (AvgIpc) is 3.12. The minimum atomic E-state index is -0.938. The van der Waals surface area contributed by atoms with Crippen LogP contribution >= 0.6 is 0 Å². The van der Waals surface area contributed by atoms with Gasteiger partial charge in [0, 0.05) is 12.5 Å². The van der Waals surface area contributed by atoms with Crippen LogP contribution in [-0.4, -0.2) is 66.4 Å². The molecular weight excluding hydrogens is 400 g/mol. The zero-order valence-electron chi connectivity index (χ0n) is 19.0. The molecule has 1 heterocycles. The number of nitrogens with zero attached hydrogens (tertiary/aromatic N) is 1. The van der Waals surface area contributed by atoms with E-state index >= 15 is 0 Å². The zero-order valence-corrected chi connectivity index (χ0v) is 19.0. The van der Waals surface area contributed by atoms with Crippen LogP contribution in [0.5, 0.6) is 0 Å². The molecule has 3 aliphatic carbocycles. The predicted octanol–water partition coefficient (Wildman–Crippen LogP) is 2.27. The second kappa shape index (κ2) is 8.11. The van der Waals surface area contributed by atoms with Crippen molar-refractivity contribution >= 4 is 18.0 Å². The molecule has 4 rings (SSSR count). The molecule has 0 aromatic carbocycles. The number of amides is 2. The maximum Gasteiger partial charge on any atom is 0.408 e. The number of carbonyl (C=O) groups excluding carboxylic acids is 3. The van der Waals surface area contributed by atoms with Gasteiger partial charge < -0.3 is 24.4 Å². The summed E-state index contributed by atoms with van der Waals surface area (Å²) in [4.78, 5) is 40.6. The highest BCUT2D eigenvalue weighted by Crippen LogP contribution is 2.54. The van der Waals surface area contributed by atoms with Gasteiger partial charge in [-0.2, -0.15) is 0 Å². The Morgan fingerprint density at radius 2 is 1.81 bits per heavy atom. The molecule has 1 aliphatic heterocycles. The van der Waals surface area contributed by atoms with E-state index in [1.807, 2.05) is 0 Å². The fourth-order valence-corrected chi connectivity index (χ4v) is 5.45. The maximum atomic E-state index is 13.7. The third-order valence-corrected chi connectivity index (χ3v) is 6.86. The number of allylic oxidation sites excluding steroid dienone is 2. The number of ether oxygens (including phenoxy) is 3. The first-order chi connectivity index (χ1) is 14.6. The van der Waals surface area contributed by atoms with Crippen LogP contribution in [0.3, 0.4) is 0 Å². The highest BCUT2D eigenvalue weighted by atomic mass is 16.6. The van der Waals surface area contributed by atoms with Gasteiger partial charge >= 0.3 is 12.1 Å². The first-order valence-electron chi connectivity index (χ1n) is 11.3. The molecule has 1 N–H and O–H groups in total. The van der Waals surface area contributed by atoms with Gasteiger partial charge in [0.05, 0.1) is 19.3 Å². The summed E-state index contributed by atoms with van der Waals surface area (Å²) in [6.45, 7) is 7.58. The van der Waals surface area contributed by atoms with Crippen LogP contribution in [-0.2, 0) is 23.8 Å². The molecule has 7 atom stereocenters. The minimum Gasteiger partial charge on any atom is -0.467 e. The largest absolute Gasteiger partial charge is 0.467 e. The summed E-state index contributed by atoms with van der Waals surface area (Å²) in [6.07, 6.45) is 6.21. The fourth-order valence-electron chi connectivity index (χ4n) is 5.45. The van der Waals surface area contributed by atoms with Gasteiger partial charge in [-0.05, 0) is 64.7 Å². The van der Waals surface area contributed by atoms with Crippen molar-refractivity contribution in [3.8, 4) is 0 Å². The average molecular weight is 435 g/mol. The quantitative estimate of drug-likeness (QED) is 0.509. The summed E-state index contributed by atoms with van der Waals surface area (Å²) in [5, 5.41) is 2.72.